The summed E-state index contributed by atoms with van der Waals surface area (Å²) in [6.45, 7) is 7.39. The van der Waals surface area contributed by atoms with Gasteiger partial charge >= 0.3 is 6.18 Å². The van der Waals surface area contributed by atoms with Gasteiger partial charge in [-0.3, -0.25) is 9.59 Å². The van der Waals surface area contributed by atoms with Gasteiger partial charge in [0.2, 0.25) is 0 Å². The van der Waals surface area contributed by atoms with E-state index >= 15 is 0 Å². The van der Waals surface area contributed by atoms with Gasteiger partial charge in [-0.15, -0.1) is 0 Å². The molecule has 1 aliphatic carbocycles. The Morgan fingerprint density at radius 3 is 2.47 bits per heavy atom. The van der Waals surface area contributed by atoms with Crippen LogP contribution in [0.15, 0.2) is 65.1 Å². The number of amides is 1. The Hall–Kier alpha value is -3.42. The molecule has 1 atom stereocenters. The number of anilines is 1. The molecule has 1 aromatic heterocycles. The first-order valence-corrected chi connectivity index (χ1v) is 11.0. The summed E-state index contributed by atoms with van der Waals surface area (Å²) in [4.78, 5) is 30.9. The van der Waals surface area contributed by atoms with Crippen molar-refractivity contribution in [2.45, 2.75) is 52.6 Å². The number of aromatic nitrogens is 1. The fraction of sp³-hybridized carbons (Fsp3) is 0.346. The van der Waals surface area contributed by atoms with Crippen LogP contribution in [0.5, 0.6) is 0 Å². The lowest BCUT2D eigenvalue weighted by Crippen LogP contribution is -2.39. The molecule has 0 saturated carbocycles. The summed E-state index contributed by atoms with van der Waals surface area (Å²) in [5.74, 6) is -1.74. The first kappa shape index (κ1) is 23.7. The van der Waals surface area contributed by atoms with Crippen molar-refractivity contribution in [1.82, 2.24) is 10.3 Å². The van der Waals surface area contributed by atoms with Crippen LogP contribution < -0.4 is 10.6 Å². The van der Waals surface area contributed by atoms with Crippen LogP contribution in [0.4, 0.5) is 19.0 Å². The van der Waals surface area contributed by atoms with Gasteiger partial charge < -0.3 is 10.6 Å². The number of hydrogen-bond donors (Lipinski definition) is 2. The van der Waals surface area contributed by atoms with Gasteiger partial charge in [0.05, 0.1) is 5.56 Å². The average molecular weight is 470 g/mol. The molecule has 0 bridgehead atoms. The van der Waals surface area contributed by atoms with E-state index in [0.717, 1.165) is 11.6 Å². The predicted octanol–water partition coefficient (Wildman–Crippen LogP) is 5.65. The van der Waals surface area contributed by atoms with Crippen LogP contribution in [0.2, 0.25) is 0 Å². The molecule has 5 nitrogen and oxygen atoms in total. The number of halogens is 3. The molecule has 0 radical (unpaired) electrons. The molecule has 0 spiro atoms. The first-order valence-electron chi connectivity index (χ1n) is 11.0. The molecule has 0 fully saturated rings. The molecule has 1 aromatic carbocycles. The summed E-state index contributed by atoms with van der Waals surface area (Å²) in [6.07, 6.45) is -2.39. The third-order valence-corrected chi connectivity index (χ3v) is 6.21. The molecule has 178 valence electrons. The third kappa shape index (κ3) is 4.49. The number of dihydropyridines is 1. The van der Waals surface area contributed by atoms with Crippen molar-refractivity contribution in [2.24, 2.45) is 5.41 Å². The maximum absolute atomic E-state index is 14.0. The molecule has 1 aliphatic heterocycles. The SMILES string of the molecule is CC1=C(C(=O)Nc2ccc(C)cn2)C(c2ccccc2C(F)(F)F)C2=C(CC(C)(C)CC2=O)N1. The number of nitrogens with zero attached hydrogens (tertiary/aromatic N) is 1. The van der Waals surface area contributed by atoms with Gasteiger partial charge in [-0.1, -0.05) is 38.1 Å². The summed E-state index contributed by atoms with van der Waals surface area (Å²) in [6, 6.07) is 8.53. The van der Waals surface area contributed by atoms with Gasteiger partial charge in [0, 0.05) is 41.1 Å². The van der Waals surface area contributed by atoms with Crippen molar-refractivity contribution in [2.75, 3.05) is 5.32 Å². The minimum Gasteiger partial charge on any atom is -0.362 e. The van der Waals surface area contributed by atoms with Crippen LogP contribution >= 0.6 is 0 Å². The molecule has 2 N–H and O–H groups in total. The van der Waals surface area contributed by atoms with E-state index in [2.05, 4.69) is 15.6 Å². The van der Waals surface area contributed by atoms with Crippen LogP contribution in [0.25, 0.3) is 0 Å². The molecule has 4 rings (SSSR count). The highest BCUT2D eigenvalue weighted by Crippen LogP contribution is 2.49. The maximum Gasteiger partial charge on any atom is 0.416 e. The van der Waals surface area contributed by atoms with Crippen molar-refractivity contribution in [1.29, 1.82) is 0 Å². The molecule has 2 aromatic rings. The van der Waals surface area contributed by atoms with Gasteiger partial charge in [0.25, 0.3) is 5.91 Å². The normalized spacial score (nSPS) is 20.1. The standard InChI is InChI=1S/C26H26F3N3O2/c1-14-9-10-20(30-13-14)32-24(34)21-15(2)31-18-11-25(3,4)12-19(33)23(18)22(21)16-7-5-6-8-17(16)26(27,28)29/h5-10,13,22,31H,11-12H2,1-4H3,(H,30,32,34). The van der Waals surface area contributed by atoms with Gasteiger partial charge in [-0.25, -0.2) is 4.98 Å². The maximum atomic E-state index is 14.0. The number of nitrogens with one attached hydrogen (secondary N) is 2. The van der Waals surface area contributed by atoms with Crippen LogP contribution in [-0.4, -0.2) is 16.7 Å². The van der Waals surface area contributed by atoms with E-state index in [-0.39, 0.29) is 40.1 Å². The molecule has 0 saturated heterocycles. The van der Waals surface area contributed by atoms with E-state index in [4.69, 9.17) is 0 Å². The summed E-state index contributed by atoms with van der Waals surface area (Å²) in [7, 11) is 0. The molecule has 2 heterocycles. The minimum absolute atomic E-state index is 0.0749. The quantitative estimate of drug-likeness (QED) is 0.609. The smallest absolute Gasteiger partial charge is 0.362 e. The van der Waals surface area contributed by atoms with Crippen LogP contribution in [0.1, 0.15) is 56.2 Å². The van der Waals surface area contributed by atoms with Crippen molar-refractivity contribution >= 4 is 17.5 Å². The number of allylic oxidation sites excluding steroid dienone is 3. The summed E-state index contributed by atoms with van der Waals surface area (Å²) in [5.41, 5.74) is 0.866. The molecular weight excluding hydrogens is 443 g/mol. The van der Waals surface area contributed by atoms with Crippen molar-refractivity contribution < 1.29 is 22.8 Å². The number of ketones is 1. The fourth-order valence-corrected chi connectivity index (χ4v) is 4.78. The Kier molecular flexibility index (Phi) is 5.87. The number of Topliss-reactive ketones (excluding diaryl/α,β-unsaturated/α-hetero) is 1. The van der Waals surface area contributed by atoms with Gasteiger partial charge in [0.15, 0.2) is 5.78 Å². The summed E-state index contributed by atoms with van der Waals surface area (Å²) < 4.78 is 42.0. The number of hydrogen-bond acceptors (Lipinski definition) is 4. The van der Waals surface area contributed by atoms with E-state index in [0.29, 0.717) is 17.8 Å². The van der Waals surface area contributed by atoms with Crippen molar-refractivity contribution in [3.8, 4) is 0 Å². The summed E-state index contributed by atoms with van der Waals surface area (Å²) >= 11 is 0. The number of benzene rings is 1. The number of pyridine rings is 1. The monoisotopic (exact) mass is 469 g/mol. The number of alkyl halides is 3. The van der Waals surface area contributed by atoms with Crippen molar-refractivity contribution in [3.05, 3.63) is 81.8 Å². The van der Waals surface area contributed by atoms with E-state index in [1.54, 1.807) is 25.3 Å². The summed E-state index contributed by atoms with van der Waals surface area (Å²) in [5, 5.41) is 5.85. The highest BCUT2D eigenvalue weighted by atomic mass is 19.4. The minimum atomic E-state index is -4.65. The number of rotatable bonds is 3. The zero-order chi connectivity index (χ0) is 24.8. The van der Waals surface area contributed by atoms with Crippen LogP contribution in [-0.2, 0) is 15.8 Å². The predicted molar refractivity (Wildman–Crippen MR) is 123 cm³/mol. The molecule has 1 amide bonds. The number of aryl methyl sites for hydroxylation is 1. The largest absolute Gasteiger partial charge is 0.416 e. The Labute approximate surface area is 196 Å². The van der Waals surface area contributed by atoms with Crippen LogP contribution in [0.3, 0.4) is 0 Å². The van der Waals surface area contributed by atoms with Gasteiger partial charge in [-0.05, 0) is 48.9 Å². The zero-order valence-corrected chi connectivity index (χ0v) is 19.4. The molecule has 8 heteroatoms. The Bertz CT molecular complexity index is 1220. The zero-order valence-electron chi connectivity index (χ0n) is 19.4. The molecule has 34 heavy (non-hydrogen) atoms. The third-order valence-electron chi connectivity index (χ3n) is 6.21. The average Bonchev–Trinajstić information content (AvgIpc) is 2.72. The Morgan fingerprint density at radius 2 is 1.82 bits per heavy atom. The lowest BCUT2D eigenvalue weighted by atomic mass is 9.68. The van der Waals surface area contributed by atoms with Gasteiger partial charge in [-0.2, -0.15) is 13.2 Å². The van der Waals surface area contributed by atoms with Gasteiger partial charge in [0.1, 0.15) is 5.82 Å². The highest BCUT2D eigenvalue weighted by molar-refractivity contribution is 6.09. The van der Waals surface area contributed by atoms with E-state index < -0.39 is 23.6 Å². The van der Waals surface area contributed by atoms with E-state index in [1.165, 1.54) is 18.2 Å². The molecule has 2 aliphatic rings. The second-order valence-corrected chi connectivity index (χ2v) is 9.69. The van der Waals surface area contributed by atoms with E-state index in [9.17, 15) is 22.8 Å². The fourth-order valence-electron chi connectivity index (χ4n) is 4.78. The van der Waals surface area contributed by atoms with Crippen LogP contribution in [0, 0.1) is 12.3 Å². The number of carbonyl (C=O) groups excluding carboxylic acids is 2. The molecular formula is C26H26F3N3O2. The van der Waals surface area contributed by atoms with Crippen molar-refractivity contribution in [3.63, 3.8) is 0 Å². The second-order valence-electron chi connectivity index (χ2n) is 9.69. The van der Waals surface area contributed by atoms with E-state index in [1.807, 2.05) is 20.8 Å². The highest BCUT2D eigenvalue weighted by Gasteiger charge is 2.45. The Morgan fingerprint density at radius 1 is 1.12 bits per heavy atom. The lowest BCUT2D eigenvalue weighted by molar-refractivity contribution is -0.138. The lowest BCUT2D eigenvalue weighted by Gasteiger charge is -2.40. The topological polar surface area (TPSA) is 71.1 Å². The first-order chi connectivity index (χ1) is 15.9. The number of carbonyl (C=O) groups is 2. The Balaban J connectivity index is 1.88. The molecule has 1 unspecified atom stereocenters. The second kappa shape index (κ2) is 8.42.